The van der Waals surface area contributed by atoms with E-state index in [0.717, 1.165) is 11.3 Å². The van der Waals surface area contributed by atoms with Crippen LogP contribution < -0.4 is 4.72 Å². The first-order valence-corrected chi connectivity index (χ1v) is 9.04. The minimum atomic E-state index is -3.91. The van der Waals surface area contributed by atoms with Crippen molar-refractivity contribution in [3.63, 3.8) is 0 Å². The Kier molecular flexibility index (Phi) is 5.47. The second-order valence-electron chi connectivity index (χ2n) is 4.45. The van der Waals surface area contributed by atoms with Crippen LogP contribution in [-0.4, -0.2) is 34.6 Å². The normalized spacial score (nSPS) is 11.0. The molecule has 1 N–H and O–H groups in total. The average Bonchev–Trinajstić information content (AvgIpc) is 3.00. The number of carbonyl (C=O) groups excluding carboxylic acids is 2. The Hall–Kier alpha value is -2.10. The molecule has 1 heterocycles. The van der Waals surface area contributed by atoms with Gasteiger partial charge in [0.15, 0.2) is 0 Å². The van der Waals surface area contributed by atoms with Gasteiger partial charge < -0.3 is 9.47 Å². The van der Waals surface area contributed by atoms with E-state index < -0.39 is 22.0 Å². The topological polar surface area (TPSA) is 98.8 Å². The summed E-state index contributed by atoms with van der Waals surface area (Å²) in [4.78, 5) is 23.4. The fraction of sp³-hybridized carbons (Fsp3) is 0.143. The van der Waals surface area contributed by atoms with E-state index in [4.69, 9.17) is 11.6 Å². The number of sulfonamides is 1. The number of thiophene rings is 1. The molecule has 7 nitrogen and oxygen atoms in total. The lowest BCUT2D eigenvalue weighted by Gasteiger charge is -2.10. The summed E-state index contributed by atoms with van der Waals surface area (Å²) in [5.41, 5.74) is 0.0208. The molecule has 0 aliphatic carbocycles. The molecule has 2 rings (SSSR count). The summed E-state index contributed by atoms with van der Waals surface area (Å²) < 4.78 is 36.4. The third-order valence-corrected chi connectivity index (χ3v) is 5.95. The second-order valence-corrected chi connectivity index (χ2v) is 8.07. The van der Waals surface area contributed by atoms with E-state index in [2.05, 4.69) is 14.2 Å². The van der Waals surface area contributed by atoms with Gasteiger partial charge in [0.1, 0.15) is 4.21 Å². The SMILES string of the molecule is COC(=O)c1cc(NS(=O)(=O)c2ccc(Cl)s2)cc(C(=O)OC)c1. The molecule has 0 fully saturated rings. The average molecular weight is 390 g/mol. The predicted octanol–water partition coefficient (Wildman–Crippen LogP) is 2.78. The minimum absolute atomic E-state index is 0.00214. The summed E-state index contributed by atoms with van der Waals surface area (Å²) >= 11 is 6.62. The summed E-state index contributed by atoms with van der Waals surface area (Å²) in [6.07, 6.45) is 0. The van der Waals surface area contributed by atoms with Crippen LogP contribution in [0.5, 0.6) is 0 Å². The van der Waals surface area contributed by atoms with Gasteiger partial charge in [0, 0.05) is 0 Å². The van der Waals surface area contributed by atoms with Crippen molar-refractivity contribution in [2.24, 2.45) is 0 Å². The quantitative estimate of drug-likeness (QED) is 0.789. The molecular formula is C14H12ClNO6S2. The molecule has 0 unspecified atom stereocenters. The number of carbonyl (C=O) groups is 2. The molecule has 1 aromatic heterocycles. The lowest BCUT2D eigenvalue weighted by Crippen LogP contribution is -2.14. The van der Waals surface area contributed by atoms with E-state index in [1.165, 1.54) is 44.6 Å². The van der Waals surface area contributed by atoms with Crippen LogP contribution in [-0.2, 0) is 19.5 Å². The van der Waals surface area contributed by atoms with Gasteiger partial charge in [-0.05, 0) is 30.3 Å². The van der Waals surface area contributed by atoms with Gasteiger partial charge in [-0.2, -0.15) is 0 Å². The first kappa shape index (κ1) is 18.2. The van der Waals surface area contributed by atoms with Crippen molar-refractivity contribution in [1.29, 1.82) is 0 Å². The highest BCUT2D eigenvalue weighted by atomic mass is 35.5. The van der Waals surface area contributed by atoms with Crippen LogP contribution in [0, 0.1) is 0 Å². The fourth-order valence-corrected chi connectivity index (χ4v) is 4.33. The minimum Gasteiger partial charge on any atom is -0.465 e. The van der Waals surface area contributed by atoms with E-state index >= 15 is 0 Å². The third kappa shape index (κ3) is 4.05. The predicted molar refractivity (Wildman–Crippen MR) is 89.3 cm³/mol. The Morgan fingerprint density at radius 3 is 2.00 bits per heavy atom. The molecule has 0 amide bonds. The van der Waals surface area contributed by atoms with Gasteiger partial charge >= 0.3 is 11.9 Å². The van der Waals surface area contributed by atoms with Crippen LogP contribution in [0.1, 0.15) is 20.7 Å². The van der Waals surface area contributed by atoms with E-state index in [0.29, 0.717) is 4.34 Å². The highest BCUT2D eigenvalue weighted by molar-refractivity contribution is 7.94. The second kappa shape index (κ2) is 7.20. The van der Waals surface area contributed by atoms with Crippen molar-refractivity contribution >= 4 is 50.6 Å². The van der Waals surface area contributed by atoms with E-state index in [9.17, 15) is 18.0 Å². The third-order valence-electron chi connectivity index (χ3n) is 2.84. The maximum absolute atomic E-state index is 12.3. The maximum Gasteiger partial charge on any atom is 0.337 e. The zero-order valence-electron chi connectivity index (χ0n) is 12.5. The number of ether oxygens (including phenoxy) is 2. The first-order valence-electron chi connectivity index (χ1n) is 6.36. The standard InChI is InChI=1S/C14H12ClNO6S2/c1-21-13(17)8-5-9(14(18)22-2)7-10(6-8)16-24(19,20)12-4-3-11(15)23-12/h3-7,16H,1-2H3. The Morgan fingerprint density at radius 1 is 1.04 bits per heavy atom. The van der Waals surface area contributed by atoms with Crippen molar-refractivity contribution < 1.29 is 27.5 Å². The Morgan fingerprint density at radius 2 is 1.58 bits per heavy atom. The maximum atomic E-state index is 12.3. The molecule has 0 bridgehead atoms. The van der Waals surface area contributed by atoms with Crippen molar-refractivity contribution in [3.8, 4) is 0 Å². The molecule has 0 radical (unpaired) electrons. The number of anilines is 1. The molecule has 0 saturated heterocycles. The number of benzene rings is 1. The lowest BCUT2D eigenvalue weighted by atomic mass is 10.1. The number of methoxy groups -OCH3 is 2. The molecule has 24 heavy (non-hydrogen) atoms. The number of nitrogens with one attached hydrogen (secondary N) is 1. The Labute approximate surface area is 147 Å². The molecule has 0 aliphatic heterocycles. The van der Waals surface area contributed by atoms with E-state index in [1.54, 1.807) is 0 Å². The number of rotatable bonds is 5. The molecule has 128 valence electrons. The molecule has 0 aliphatic rings. The summed E-state index contributed by atoms with van der Waals surface area (Å²) in [5, 5.41) is 0. The van der Waals surface area contributed by atoms with E-state index in [1.807, 2.05) is 0 Å². The van der Waals surface area contributed by atoms with Gasteiger partial charge in [0.2, 0.25) is 0 Å². The number of esters is 2. The lowest BCUT2D eigenvalue weighted by molar-refractivity contribution is 0.0599. The van der Waals surface area contributed by atoms with Crippen molar-refractivity contribution in [1.82, 2.24) is 0 Å². The Bertz CT molecular complexity index is 856. The van der Waals surface area contributed by atoms with Crippen LogP contribution in [0.15, 0.2) is 34.5 Å². The zero-order valence-corrected chi connectivity index (χ0v) is 14.9. The van der Waals surface area contributed by atoms with E-state index in [-0.39, 0.29) is 21.0 Å². The molecule has 10 heteroatoms. The highest BCUT2D eigenvalue weighted by Crippen LogP contribution is 2.28. The van der Waals surface area contributed by atoms with Gasteiger partial charge in [0.05, 0.1) is 35.4 Å². The first-order chi connectivity index (χ1) is 11.3. The molecule has 0 atom stereocenters. The van der Waals surface area contributed by atoms with Crippen LogP contribution in [0.4, 0.5) is 5.69 Å². The summed E-state index contributed by atoms with van der Waals surface area (Å²) in [6, 6.07) is 6.56. The Balaban J connectivity index is 2.45. The summed E-state index contributed by atoms with van der Waals surface area (Å²) in [7, 11) is -1.57. The van der Waals surface area contributed by atoms with Crippen molar-refractivity contribution in [2.75, 3.05) is 18.9 Å². The largest absolute Gasteiger partial charge is 0.465 e. The molecule has 0 saturated carbocycles. The fourth-order valence-electron chi connectivity index (χ4n) is 1.81. The van der Waals surface area contributed by atoms with Crippen LogP contribution in [0.25, 0.3) is 0 Å². The van der Waals surface area contributed by atoms with Gasteiger partial charge in [-0.3, -0.25) is 4.72 Å². The van der Waals surface area contributed by atoms with Crippen LogP contribution >= 0.6 is 22.9 Å². The molecule has 0 spiro atoms. The molecule has 1 aromatic carbocycles. The molecule has 2 aromatic rings. The smallest absolute Gasteiger partial charge is 0.337 e. The van der Waals surface area contributed by atoms with Gasteiger partial charge in [0.25, 0.3) is 10.0 Å². The summed E-state index contributed by atoms with van der Waals surface area (Å²) in [5.74, 6) is -1.44. The number of hydrogen-bond acceptors (Lipinski definition) is 7. The van der Waals surface area contributed by atoms with Crippen LogP contribution in [0.3, 0.4) is 0 Å². The van der Waals surface area contributed by atoms with Crippen LogP contribution in [0.2, 0.25) is 4.34 Å². The zero-order chi connectivity index (χ0) is 17.9. The number of halogens is 1. The van der Waals surface area contributed by atoms with Crippen molar-refractivity contribution in [2.45, 2.75) is 4.21 Å². The van der Waals surface area contributed by atoms with Gasteiger partial charge in [-0.25, -0.2) is 18.0 Å². The monoisotopic (exact) mass is 389 g/mol. The highest BCUT2D eigenvalue weighted by Gasteiger charge is 2.20. The molecular weight excluding hydrogens is 378 g/mol. The van der Waals surface area contributed by atoms with Crippen molar-refractivity contribution in [3.05, 3.63) is 45.8 Å². The number of hydrogen-bond donors (Lipinski definition) is 1. The summed E-state index contributed by atoms with van der Waals surface area (Å²) in [6.45, 7) is 0. The van der Waals surface area contributed by atoms with Gasteiger partial charge in [-0.15, -0.1) is 11.3 Å². The van der Waals surface area contributed by atoms with Gasteiger partial charge in [-0.1, -0.05) is 11.6 Å².